The number of esters is 1. The van der Waals surface area contributed by atoms with Gasteiger partial charge >= 0.3 is 5.97 Å². The predicted octanol–water partition coefficient (Wildman–Crippen LogP) is 1.17. The molecule has 2 rings (SSSR count). The number of hydrogen-bond acceptors (Lipinski definition) is 5. The standard InChI is InChI=1S/C16H22N2O4/c1-16(8-7-12(17-2)14(20)22-4)11-9-10(19)5-6-13(11)18(3)15(16)21/h5-6,9,12,17,19H,7-8H2,1-4H3. The van der Waals surface area contributed by atoms with E-state index < -0.39 is 11.5 Å². The van der Waals surface area contributed by atoms with Gasteiger partial charge in [-0.15, -0.1) is 0 Å². The zero-order valence-electron chi connectivity index (χ0n) is 13.3. The van der Waals surface area contributed by atoms with Gasteiger partial charge in [0.15, 0.2) is 0 Å². The van der Waals surface area contributed by atoms with Gasteiger partial charge in [0.25, 0.3) is 0 Å². The van der Waals surface area contributed by atoms with E-state index in [1.54, 1.807) is 37.2 Å². The summed E-state index contributed by atoms with van der Waals surface area (Å²) in [5.41, 5.74) is 0.829. The molecule has 0 saturated heterocycles. The quantitative estimate of drug-likeness (QED) is 0.798. The van der Waals surface area contributed by atoms with Crippen molar-refractivity contribution in [2.45, 2.75) is 31.2 Å². The molecule has 0 radical (unpaired) electrons. The third-order valence-electron chi connectivity index (χ3n) is 4.48. The van der Waals surface area contributed by atoms with Crippen LogP contribution in [0, 0.1) is 0 Å². The highest BCUT2D eigenvalue weighted by atomic mass is 16.5. The van der Waals surface area contributed by atoms with Gasteiger partial charge in [0, 0.05) is 12.7 Å². The van der Waals surface area contributed by atoms with E-state index in [-0.39, 0.29) is 17.6 Å². The molecule has 2 N–H and O–H groups in total. The molecule has 22 heavy (non-hydrogen) atoms. The molecule has 1 heterocycles. The summed E-state index contributed by atoms with van der Waals surface area (Å²) in [5.74, 6) is -0.250. The number of nitrogens with one attached hydrogen (secondary N) is 1. The van der Waals surface area contributed by atoms with E-state index in [1.807, 2.05) is 6.92 Å². The maximum Gasteiger partial charge on any atom is 0.322 e. The van der Waals surface area contributed by atoms with Crippen LogP contribution in [-0.4, -0.2) is 44.2 Å². The SMILES string of the molecule is CNC(CCC1(C)C(=O)N(C)c2ccc(O)cc21)C(=O)OC. The molecule has 0 aromatic heterocycles. The highest BCUT2D eigenvalue weighted by molar-refractivity contribution is 6.07. The summed E-state index contributed by atoms with van der Waals surface area (Å²) in [7, 11) is 4.75. The van der Waals surface area contributed by atoms with Crippen LogP contribution in [-0.2, 0) is 19.7 Å². The van der Waals surface area contributed by atoms with E-state index in [0.29, 0.717) is 12.8 Å². The second-order valence-corrected chi connectivity index (χ2v) is 5.80. The second kappa shape index (κ2) is 5.96. The number of methoxy groups -OCH3 is 1. The molecule has 1 aliphatic heterocycles. The maximum absolute atomic E-state index is 12.6. The molecule has 6 nitrogen and oxygen atoms in total. The Balaban J connectivity index is 2.28. The van der Waals surface area contributed by atoms with E-state index in [9.17, 15) is 14.7 Å². The highest BCUT2D eigenvalue weighted by Crippen LogP contribution is 2.45. The molecule has 1 aromatic rings. The fourth-order valence-electron chi connectivity index (χ4n) is 3.05. The zero-order chi connectivity index (χ0) is 16.5. The molecule has 0 aliphatic carbocycles. The van der Waals surface area contributed by atoms with Crippen molar-refractivity contribution >= 4 is 17.6 Å². The van der Waals surface area contributed by atoms with Crippen molar-refractivity contribution in [3.05, 3.63) is 23.8 Å². The Morgan fingerprint density at radius 3 is 2.77 bits per heavy atom. The molecule has 1 aromatic carbocycles. The number of phenols is 1. The fraction of sp³-hybridized carbons (Fsp3) is 0.500. The van der Waals surface area contributed by atoms with E-state index in [2.05, 4.69) is 5.32 Å². The summed E-state index contributed by atoms with van der Waals surface area (Å²) in [5, 5.41) is 12.6. The van der Waals surface area contributed by atoms with E-state index in [1.165, 1.54) is 7.11 Å². The number of aromatic hydroxyl groups is 1. The van der Waals surface area contributed by atoms with Crippen molar-refractivity contribution in [1.82, 2.24) is 5.32 Å². The van der Waals surface area contributed by atoms with Crippen LogP contribution in [0.2, 0.25) is 0 Å². The fourth-order valence-corrected chi connectivity index (χ4v) is 3.05. The van der Waals surface area contributed by atoms with Gasteiger partial charge in [0.2, 0.25) is 5.91 Å². The molecule has 1 aliphatic rings. The smallest absolute Gasteiger partial charge is 0.322 e. The van der Waals surface area contributed by atoms with E-state index in [4.69, 9.17) is 4.74 Å². The average Bonchev–Trinajstić information content (AvgIpc) is 2.69. The van der Waals surface area contributed by atoms with E-state index >= 15 is 0 Å². The molecule has 0 fully saturated rings. The number of hydrogen-bond donors (Lipinski definition) is 2. The first kappa shape index (κ1) is 16.3. The summed E-state index contributed by atoms with van der Waals surface area (Å²) in [6, 6.07) is 4.48. The Hall–Kier alpha value is -2.08. The lowest BCUT2D eigenvalue weighted by molar-refractivity contribution is -0.143. The summed E-state index contributed by atoms with van der Waals surface area (Å²) in [4.78, 5) is 25.9. The van der Waals surface area contributed by atoms with Gasteiger partial charge in [-0.05, 0) is 50.6 Å². The zero-order valence-corrected chi connectivity index (χ0v) is 13.3. The normalized spacial score (nSPS) is 21.6. The lowest BCUT2D eigenvalue weighted by atomic mass is 9.78. The van der Waals surface area contributed by atoms with Crippen molar-refractivity contribution in [2.24, 2.45) is 0 Å². The van der Waals surface area contributed by atoms with Crippen LogP contribution in [0.15, 0.2) is 18.2 Å². The molecule has 2 atom stereocenters. The number of ether oxygens (including phenoxy) is 1. The Labute approximate surface area is 130 Å². The van der Waals surface area contributed by atoms with Gasteiger partial charge in [0.05, 0.1) is 12.5 Å². The molecular formula is C16H22N2O4. The molecule has 2 unspecified atom stereocenters. The Kier molecular flexibility index (Phi) is 4.42. The number of likely N-dealkylation sites (N-methyl/N-ethyl adjacent to an activating group) is 2. The number of nitrogens with zero attached hydrogens (tertiary/aromatic N) is 1. The first-order chi connectivity index (χ1) is 10.3. The second-order valence-electron chi connectivity index (χ2n) is 5.80. The number of amides is 1. The summed E-state index contributed by atoms with van der Waals surface area (Å²) < 4.78 is 4.75. The number of benzene rings is 1. The van der Waals surface area contributed by atoms with Gasteiger partial charge in [-0.3, -0.25) is 9.59 Å². The van der Waals surface area contributed by atoms with Gasteiger partial charge in [-0.1, -0.05) is 0 Å². The lowest BCUT2D eigenvalue weighted by Gasteiger charge is -2.25. The van der Waals surface area contributed by atoms with Gasteiger partial charge in [0.1, 0.15) is 11.8 Å². The average molecular weight is 306 g/mol. The number of carbonyl (C=O) groups is 2. The molecule has 0 spiro atoms. The van der Waals surface area contributed by atoms with Crippen LogP contribution in [0.1, 0.15) is 25.3 Å². The Morgan fingerprint density at radius 1 is 1.50 bits per heavy atom. The minimum Gasteiger partial charge on any atom is -0.508 e. The van der Waals surface area contributed by atoms with Gasteiger partial charge in [-0.25, -0.2) is 0 Å². The topological polar surface area (TPSA) is 78.9 Å². The summed E-state index contributed by atoms with van der Waals surface area (Å²) >= 11 is 0. The predicted molar refractivity (Wildman–Crippen MR) is 83.0 cm³/mol. The largest absolute Gasteiger partial charge is 0.508 e. The van der Waals surface area contributed by atoms with Gasteiger partial charge in [-0.2, -0.15) is 0 Å². The lowest BCUT2D eigenvalue weighted by Crippen LogP contribution is -2.40. The van der Waals surface area contributed by atoms with Crippen molar-refractivity contribution in [3.63, 3.8) is 0 Å². The van der Waals surface area contributed by atoms with Crippen molar-refractivity contribution in [3.8, 4) is 5.75 Å². The van der Waals surface area contributed by atoms with Crippen LogP contribution >= 0.6 is 0 Å². The van der Waals surface area contributed by atoms with Crippen LogP contribution in [0.25, 0.3) is 0 Å². The van der Waals surface area contributed by atoms with Crippen LogP contribution in [0.3, 0.4) is 0 Å². The summed E-state index contributed by atoms with van der Waals surface area (Å²) in [6.45, 7) is 1.85. The Bertz CT molecular complexity index is 602. The van der Waals surface area contributed by atoms with E-state index in [0.717, 1.165) is 11.3 Å². The molecule has 6 heteroatoms. The van der Waals surface area contributed by atoms with Crippen molar-refractivity contribution < 1.29 is 19.4 Å². The van der Waals surface area contributed by atoms with Crippen LogP contribution in [0.4, 0.5) is 5.69 Å². The first-order valence-electron chi connectivity index (χ1n) is 7.22. The number of fused-ring (bicyclic) bond motifs is 1. The minimum absolute atomic E-state index is 0.0344. The van der Waals surface area contributed by atoms with Crippen LogP contribution < -0.4 is 10.2 Å². The third-order valence-corrected chi connectivity index (χ3v) is 4.48. The van der Waals surface area contributed by atoms with Gasteiger partial charge < -0.3 is 20.1 Å². The Morgan fingerprint density at radius 2 is 2.18 bits per heavy atom. The minimum atomic E-state index is -0.758. The molecule has 120 valence electrons. The first-order valence-corrected chi connectivity index (χ1v) is 7.22. The maximum atomic E-state index is 12.6. The summed E-state index contributed by atoms with van der Waals surface area (Å²) in [6.07, 6.45) is 0.946. The molecule has 0 saturated carbocycles. The third kappa shape index (κ3) is 2.54. The number of rotatable bonds is 5. The highest BCUT2D eigenvalue weighted by Gasteiger charge is 2.46. The monoisotopic (exact) mass is 306 g/mol. The van der Waals surface area contributed by atoms with Crippen LogP contribution in [0.5, 0.6) is 5.75 Å². The number of anilines is 1. The number of carbonyl (C=O) groups excluding carboxylic acids is 2. The van der Waals surface area contributed by atoms with Crippen molar-refractivity contribution in [2.75, 3.05) is 26.1 Å². The molecule has 0 bridgehead atoms. The molecule has 1 amide bonds. The van der Waals surface area contributed by atoms with Crippen molar-refractivity contribution in [1.29, 1.82) is 0 Å². The molecular weight excluding hydrogens is 284 g/mol. The number of phenolic OH excluding ortho intramolecular Hbond substituents is 1.